The number of benzene rings is 3. The van der Waals surface area contributed by atoms with E-state index in [1.807, 2.05) is 71.6 Å². The van der Waals surface area contributed by atoms with Gasteiger partial charge in [0.1, 0.15) is 17.7 Å². The summed E-state index contributed by atoms with van der Waals surface area (Å²) in [6, 6.07) is 25.0. The molecule has 1 atom stereocenters. The molecule has 4 nitrogen and oxygen atoms in total. The number of urea groups is 1. The Bertz CT molecular complexity index is 983. The quantitative estimate of drug-likeness (QED) is 0.530. The maximum Gasteiger partial charge on any atom is 0.323 e. The van der Waals surface area contributed by atoms with Crippen molar-refractivity contribution in [1.82, 2.24) is 4.90 Å². The molecule has 1 unspecified atom stereocenters. The average molecular weight is 425 g/mol. The van der Waals surface area contributed by atoms with Crippen molar-refractivity contribution in [2.45, 2.75) is 12.0 Å². The van der Waals surface area contributed by atoms with Crippen LogP contribution < -0.4 is 10.1 Å². The molecule has 0 bridgehead atoms. The van der Waals surface area contributed by atoms with Gasteiger partial charge >= 0.3 is 6.03 Å². The fraction of sp³-hybridized carbons (Fsp3) is 0.174. The minimum atomic E-state index is -0.139. The van der Waals surface area contributed by atoms with Crippen molar-refractivity contribution < 1.29 is 9.53 Å². The first-order valence-electron chi connectivity index (χ1n) is 9.41. The van der Waals surface area contributed by atoms with Crippen LogP contribution in [0.1, 0.15) is 16.5 Å². The summed E-state index contributed by atoms with van der Waals surface area (Å²) in [5.41, 5.74) is 2.80. The zero-order valence-corrected chi connectivity index (χ0v) is 17.3. The number of halogens is 1. The first kappa shape index (κ1) is 19.7. The third kappa shape index (κ3) is 4.86. The van der Waals surface area contributed by atoms with Crippen molar-refractivity contribution in [3.8, 4) is 5.75 Å². The molecule has 1 aliphatic rings. The zero-order valence-electron chi connectivity index (χ0n) is 15.8. The third-order valence-electron chi connectivity index (χ3n) is 4.65. The lowest BCUT2D eigenvalue weighted by Crippen LogP contribution is -2.34. The van der Waals surface area contributed by atoms with Crippen LogP contribution in [0.3, 0.4) is 0 Å². The number of carbonyl (C=O) groups is 1. The van der Waals surface area contributed by atoms with Crippen molar-refractivity contribution in [3.63, 3.8) is 0 Å². The highest BCUT2D eigenvalue weighted by Crippen LogP contribution is 2.42. The van der Waals surface area contributed by atoms with Crippen molar-refractivity contribution in [1.29, 1.82) is 0 Å². The number of carbonyl (C=O) groups excluding carboxylic acids is 1. The molecule has 1 aliphatic heterocycles. The summed E-state index contributed by atoms with van der Waals surface area (Å²) in [5.74, 6) is 1.68. The molecular weight excluding hydrogens is 404 g/mol. The van der Waals surface area contributed by atoms with E-state index < -0.39 is 0 Å². The van der Waals surface area contributed by atoms with E-state index in [-0.39, 0.29) is 11.4 Å². The van der Waals surface area contributed by atoms with Gasteiger partial charge in [-0.3, -0.25) is 0 Å². The Morgan fingerprint density at radius 1 is 1.07 bits per heavy atom. The molecule has 148 valence electrons. The minimum Gasteiger partial charge on any atom is -0.489 e. The minimum absolute atomic E-state index is 0.0962. The Kier molecular flexibility index (Phi) is 6.27. The van der Waals surface area contributed by atoms with Gasteiger partial charge in [-0.15, -0.1) is 11.8 Å². The maximum atomic E-state index is 12.9. The maximum absolute atomic E-state index is 12.9. The fourth-order valence-corrected chi connectivity index (χ4v) is 4.72. The molecule has 0 aromatic heterocycles. The van der Waals surface area contributed by atoms with Gasteiger partial charge in [-0.1, -0.05) is 66.2 Å². The number of para-hydroxylation sites is 1. The number of nitrogens with one attached hydrogen (secondary N) is 1. The highest BCUT2D eigenvalue weighted by molar-refractivity contribution is 7.99. The van der Waals surface area contributed by atoms with Gasteiger partial charge < -0.3 is 15.0 Å². The van der Waals surface area contributed by atoms with Crippen LogP contribution in [0.2, 0.25) is 5.02 Å². The van der Waals surface area contributed by atoms with Gasteiger partial charge in [0, 0.05) is 28.6 Å². The van der Waals surface area contributed by atoms with Crippen LogP contribution in [-0.4, -0.2) is 23.2 Å². The molecule has 0 saturated carbocycles. The Hall–Kier alpha value is -2.63. The SMILES string of the molecule is O=C(Nc1cccc(Cl)c1)N1CCSC1c1ccccc1OCc1ccccc1. The molecule has 1 heterocycles. The monoisotopic (exact) mass is 424 g/mol. The number of rotatable bonds is 5. The lowest BCUT2D eigenvalue weighted by atomic mass is 10.1. The number of anilines is 1. The van der Waals surface area contributed by atoms with Gasteiger partial charge in [-0.25, -0.2) is 4.79 Å². The van der Waals surface area contributed by atoms with Crippen molar-refractivity contribution in [2.75, 3.05) is 17.6 Å². The average Bonchev–Trinajstić information content (AvgIpc) is 3.23. The van der Waals surface area contributed by atoms with Gasteiger partial charge in [-0.2, -0.15) is 0 Å². The number of hydrogen-bond acceptors (Lipinski definition) is 3. The topological polar surface area (TPSA) is 41.6 Å². The Morgan fingerprint density at radius 3 is 2.69 bits per heavy atom. The first-order chi connectivity index (χ1) is 14.2. The van der Waals surface area contributed by atoms with E-state index >= 15 is 0 Å². The summed E-state index contributed by atoms with van der Waals surface area (Å²) in [6.07, 6.45) is 0. The summed E-state index contributed by atoms with van der Waals surface area (Å²) in [7, 11) is 0. The Labute approximate surface area is 179 Å². The molecule has 2 amide bonds. The summed E-state index contributed by atoms with van der Waals surface area (Å²) < 4.78 is 6.11. The van der Waals surface area contributed by atoms with Crippen LogP contribution in [0.4, 0.5) is 10.5 Å². The van der Waals surface area contributed by atoms with Crippen molar-refractivity contribution in [2.24, 2.45) is 0 Å². The second-order valence-corrected chi connectivity index (χ2v) is 8.29. The highest BCUT2D eigenvalue weighted by atomic mass is 35.5. The summed E-state index contributed by atoms with van der Waals surface area (Å²) in [6.45, 7) is 1.17. The second-order valence-electron chi connectivity index (χ2n) is 6.67. The molecule has 1 N–H and O–H groups in total. The first-order valence-corrected chi connectivity index (χ1v) is 10.8. The van der Waals surface area contributed by atoms with Crippen molar-refractivity contribution >= 4 is 35.1 Å². The smallest absolute Gasteiger partial charge is 0.323 e. The molecule has 0 spiro atoms. The largest absolute Gasteiger partial charge is 0.489 e. The van der Waals surface area contributed by atoms with Gasteiger partial charge in [0.2, 0.25) is 0 Å². The number of nitrogens with zero attached hydrogens (tertiary/aromatic N) is 1. The number of amides is 2. The van der Waals surface area contributed by atoms with Gasteiger partial charge in [-0.05, 0) is 29.8 Å². The molecule has 0 aliphatic carbocycles. The van der Waals surface area contributed by atoms with Crippen LogP contribution in [0.5, 0.6) is 5.75 Å². The fourth-order valence-electron chi connectivity index (χ4n) is 3.25. The number of thioether (sulfide) groups is 1. The number of ether oxygens (including phenoxy) is 1. The predicted octanol–water partition coefficient (Wildman–Crippen LogP) is 6.20. The van der Waals surface area contributed by atoms with E-state index in [4.69, 9.17) is 16.3 Å². The van der Waals surface area contributed by atoms with E-state index in [1.54, 1.807) is 23.9 Å². The molecule has 0 radical (unpaired) electrons. The van der Waals surface area contributed by atoms with Crippen LogP contribution in [-0.2, 0) is 6.61 Å². The van der Waals surface area contributed by atoms with Crippen LogP contribution in [0, 0.1) is 0 Å². The summed E-state index contributed by atoms with van der Waals surface area (Å²) in [4.78, 5) is 14.8. The third-order valence-corrected chi connectivity index (χ3v) is 6.13. The normalized spacial score (nSPS) is 15.9. The highest BCUT2D eigenvalue weighted by Gasteiger charge is 2.32. The standard InChI is InChI=1S/C23H21ClN2O2S/c24-18-9-6-10-19(15-18)25-23(27)26-13-14-29-22(26)20-11-4-5-12-21(20)28-16-17-7-2-1-3-8-17/h1-12,15,22H,13-14,16H2,(H,25,27). The molecule has 1 saturated heterocycles. The molecule has 1 fully saturated rings. The van der Waals surface area contributed by atoms with Gasteiger partial charge in [0.05, 0.1) is 0 Å². The Morgan fingerprint density at radius 2 is 1.86 bits per heavy atom. The molecule has 6 heteroatoms. The van der Waals surface area contributed by atoms with E-state index in [0.717, 1.165) is 22.6 Å². The van der Waals surface area contributed by atoms with Crippen LogP contribution >= 0.6 is 23.4 Å². The van der Waals surface area contributed by atoms with Gasteiger partial charge in [0.15, 0.2) is 0 Å². The summed E-state index contributed by atoms with van der Waals surface area (Å²) >= 11 is 7.77. The zero-order chi connectivity index (χ0) is 20.1. The van der Waals surface area contributed by atoms with E-state index in [2.05, 4.69) is 5.32 Å². The second kappa shape index (κ2) is 9.25. The predicted molar refractivity (Wildman–Crippen MR) is 120 cm³/mol. The lowest BCUT2D eigenvalue weighted by Gasteiger charge is -2.26. The van der Waals surface area contributed by atoms with Crippen LogP contribution in [0.15, 0.2) is 78.9 Å². The molecular formula is C23H21ClN2O2S. The van der Waals surface area contributed by atoms with Crippen molar-refractivity contribution in [3.05, 3.63) is 95.0 Å². The van der Waals surface area contributed by atoms with Gasteiger partial charge in [0.25, 0.3) is 0 Å². The molecule has 4 rings (SSSR count). The molecule has 3 aromatic rings. The Balaban J connectivity index is 1.50. The molecule has 3 aromatic carbocycles. The van der Waals surface area contributed by atoms with E-state index in [0.29, 0.717) is 23.9 Å². The summed E-state index contributed by atoms with van der Waals surface area (Å²) in [5, 5.41) is 3.45. The lowest BCUT2D eigenvalue weighted by molar-refractivity contribution is 0.213. The van der Waals surface area contributed by atoms with Crippen LogP contribution in [0.25, 0.3) is 0 Å². The number of hydrogen-bond donors (Lipinski definition) is 1. The van der Waals surface area contributed by atoms with E-state index in [9.17, 15) is 4.79 Å². The van der Waals surface area contributed by atoms with E-state index in [1.165, 1.54) is 0 Å². The molecule has 29 heavy (non-hydrogen) atoms.